The van der Waals surface area contributed by atoms with Crippen molar-refractivity contribution in [2.45, 2.75) is 31.3 Å². The van der Waals surface area contributed by atoms with Crippen LogP contribution in [0.3, 0.4) is 0 Å². The topological polar surface area (TPSA) is 77.9 Å². The van der Waals surface area contributed by atoms with E-state index in [0.717, 1.165) is 11.1 Å². The number of hydrogen-bond donors (Lipinski definition) is 1. The summed E-state index contributed by atoms with van der Waals surface area (Å²) in [7, 11) is 0. The van der Waals surface area contributed by atoms with Gasteiger partial charge in [-0.3, -0.25) is 4.79 Å². The first-order valence-electron chi connectivity index (χ1n) is 10.1. The molecule has 5 rings (SSSR count). The van der Waals surface area contributed by atoms with E-state index in [1.807, 2.05) is 12.1 Å². The summed E-state index contributed by atoms with van der Waals surface area (Å²) in [6, 6.07) is 13.8. The summed E-state index contributed by atoms with van der Waals surface area (Å²) in [5.41, 5.74) is 2.15. The number of pyridine rings is 1. The lowest BCUT2D eigenvalue weighted by atomic mass is 9.98. The molecule has 0 saturated heterocycles. The maximum absolute atomic E-state index is 14.7. The number of halogens is 1. The maximum Gasteiger partial charge on any atom is 0.304 e. The number of benzene rings is 2. The quantitative estimate of drug-likeness (QED) is 0.602. The van der Waals surface area contributed by atoms with E-state index in [1.165, 1.54) is 6.07 Å². The maximum atomic E-state index is 14.7. The highest BCUT2D eigenvalue weighted by Gasteiger charge is 2.32. The summed E-state index contributed by atoms with van der Waals surface area (Å²) in [6.07, 6.45) is 2.46. The molecular formula is C24H20FNO5. The minimum Gasteiger partial charge on any atom is -0.492 e. The van der Waals surface area contributed by atoms with E-state index in [9.17, 15) is 9.18 Å². The van der Waals surface area contributed by atoms with Crippen molar-refractivity contribution in [3.63, 3.8) is 0 Å². The Morgan fingerprint density at radius 3 is 2.94 bits per heavy atom. The molecule has 1 aromatic heterocycles. The third-order valence-electron chi connectivity index (χ3n) is 5.66. The minimum absolute atomic E-state index is 0.0213. The van der Waals surface area contributed by atoms with Crippen LogP contribution in [-0.2, 0) is 11.2 Å². The number of carboxylic acids is 1. The third kappa shape index (κ3) is 3.79. The molecule has 31 heavy (non-hydrogen) atoms. The molecule has 0 saturated carbocycles. The van der Waals surface area contributed by atoms with Crippen molar-refractivity contribution >= 4 is 5.97 Å². The molecule has 7 heteroatoms. The van der Waals surface area contributed by atoms with Crippen LogP contribution >= 0.6 is 0 Å². The second kappa shape index (κ2) is 7.91. The molecule has 2 atom stereocenters. The molecule has 1 aliphatic heterocycles. The van der Waals surface area contributed by atoms with Crippen LogP contribution in [-0.4, -0.2) is 22.7 Å². The van der Waals surface area contributed by atoms with Gasteiger partial charge < -0.3 is 19.3 Å². The van der Waals surface area contributed by atoms with Gasteiger partial charge in [-0.1, -0.05) is 12.1 Å². The van der Waals surface area contributed by atoms with Crippen LogP contribution in [0.4, 0.5) is 4.39 Å². The fourth-order valence-electron chi connectivity index (χ4n) is 4.25. The number of ether oxygens (including phenoxy) is 3. The predicted octanol–water partition coefficient (Wildman–Crippen LogP) is 5.03. The Hall–Kier alpha value is -3.61. The molecule has 0 fully saturated rings. The van der Waals surface area contributed by atoms with Gasteiger partial charge in [-0.2, -0.15) is 0 Å². The normalized spacial score (nSPS) is 18.7. The Morgan fingerprint density at radius 1 is 1.23 bits per heavy atom. The van der Waals surface area contributed by atoms with Gasteiger partial charge in [-0.15, -0.1) is 0 Å². The van der Waals surface area contributed by atoms with E-state index < -0.39 is 12.1 Å². The predicted molar refractivity (Wildman–Crippen MR) is 109 cm³/mol. The highest BCUT2D eigenvalue weighted by molar-refractivity contribution is 5.68. The second-order valence-electron chi connectivity index (χ2n) is 7.66. The monoisotopic (exact) mass is 421 g/mol. The summed E-state index contributed by atoms with van der Waals surface area (Å²) >= 11 is 0. The molecule has 6 nitrogen and oxygen atoms in total. The smallest absolute Gasteiger partial charge is 0.304 e. The van der Waals surface area contributed by atoms with Gasteiger partial charge in [0.05, 0.1) is 13.0 Å². The fourth-order valence-corrected chi connectivity index (χ4v) is 4.25. The molecular weight excluding hydrogens is 401 g/mol. The summed E-state index contributed by atoms with van der Waals surface area (Å²) in [4.78, 5) is 15.2. The molecule has 0 unspecified atom stereocenters. The van der Waals surface area contributed by atoms with E-state index in [2.05, 4.69) is 4.98 Å². The van der Waals surface area contributed by atoms with Crippen molar-refractivity contribution in [3.05, 3.63) is 77.2 Å². The van der Waals surface area contributed by atoms with E-state index >= 15 is 0 Å². The Balaban J connectivity index is 1.37. The van der Waals surface area contributed by atoms with E-state index in [0.29, 0.717) is 48.1 Å². The minimum atomic E-state index is -0.858. The molecule has 158 valence electrons. The Kier molecular flexibility index (Phi) is 4.94. The van der Waals surface area contributed by atoms with E-state index in [-0.39, 0.29) is 18.2 Å². The van der Waals surface area contributed by atoms with Gasteiger partial charge in [0.2, 0.25) is 5.88 Å². The first kappa shape index (κ1) is 19.4. The van der Waals surface area contributed by atoms with Crippen LogP contribution in [0.1, 0.15) is 41.6 Å². The van der Waals surface area contributed by atoms with Gasteiger partial charge in [0, 0.05) is 40.9 Å². The van der Waals surface area contributed by atoms with Crippen molar-refractivity contribution in [1.82, 2.24) is 4.98 Å². The van der Waals surface area contributed by atoms with Gasteiger partial charge in [0.1, 0.15) is 29.2 Å². The van der Waals surface area contributed by atoms with Crippen molar-refractivity contribution in [3.8, 4) is 23.1 Å². The zero-order chi connectivity index (χ0) is 21.4. The third-order valence-corrected chi connectivity index (χ3v) is 5.66. The summed E-state index contributed by atoms with van der Waals surface area (Å²) in [6.45, 7) is 0.334. The standard InChI is InChI=1S/C24H20FNO5/c25-18-7-9-19(31-22-3-1-2-10-26-22)17-6-8-20(24(17)18)30-15-4-5-16-14(11-23(27)28)13-29-21(16)12-15/h1-5,7,9-10,12,14,20H,6,8,11,13H2,(H,27,28)/t14-,20-/m1/s1. The molecule has 2 aliphatic rings. The van der Waals surface area contributed by atoms with Crippen LogP contribution in [0, 0.1) is 5.82 Å². The number of fused-ring (bicyclic) bond motifs is 2. The molecule has 2 heterocycles. The lowest BCUT2D eigenvalue weighted by Gasteiger charge is -2.17. The van der Waals surface area contributed by atoms with Crippen molar-refractivity contribution in [2.24, 2.45) is 0 Å². The van der Waals surface area contributed by atoms with E-state index in [4.69, 9.17) is 19.3 Å². The molecule has 0 spiro atoms. The van der Waals surface area contributed by atoms with Crippen LogP contribution in [0.2, 0.25) is 0 Å². The lowest BCUT2D eigenvalue weighted by molar-refractivity contribution is -0.137. The van der Waals surface area contributed by atoms with Crippen LogP contribution in [0.25, 0.3) is 0 Å². The zero-order valence-corrected chi connectivity index (χ0v) is 16.6. The summed E-state index contributed by atoms with van der Waals surface area (Å²) in [5, 5.41) is 9.05. The largest absolute Gasteiger partial charge is 0.492 e. The molecule has 1 N–H and O–H groups in total. The van der Waals surface area contributed by atoms with Crippen molar-refractivity contribution < 1.29 is 28.5 Å². The van der Waals surface area contributed by atoms with Crippen molar-refractivity contribution in [1.29, 1.82) is 0 Å². The van der Waals surface area contributed by atoms with Gasteiger partial charge in [-0.25, -0.2) is 9.37 Å². The Labute approximate surface area is 178 Å². The number of carboxylic acid groups (broad SMARTS) is 1. The molecule has 3 aromatic rings. The highest BCUT2D eigenvalue weighted by atomic mass is 19.1. The van der Waals surface area contributed by atoms with Crippen LogP contribution in [0.15, 0.2) is 54.7 Å². The fraction of sp³-hybridized carbons (Fsp3) is 0.250. The van der Waals surface area contributed by atoms with Crippen LogP contribution < -0.4 is 14.2 Å². The average Bonchev–Trinajstić information content (AvgIpc) is 3.36. The second-order valence-corrected chi connectivity index (χ2v) is 7.66. The number of aromatic nitrogens is 1. The highest BCUT2D eigenvalue weighted by Crippen LogP contribution is 2.44. The number of nitrogens with zero attached hydrogens (tertiary/aromatic N) is 1. The summed E-state index contributed by atoms with van der Waals surface area (Å²) < 4.78 is 32.4. The average molecular weight is 421 g/mol. The Morgan fingerprint density at radius 2 is 2.13 bits per heavy atom. The van der Waals surface area contributed by atoms with Gasteiger partial charge in [-0.05, 0) is 37.1 Å². The molecule has 1 aliphatic carbocycles. The first-order chi connectivity index (χ1) is 15.1. The number of rotatable bonds is 6. The number of hydrogen-bond acceptors (Lipinski definition) is 5. The first-order valence-corrected chi connectivity index (χ1v) is 10.1. The Bertz CT molecular complexity index is 1130. The van der Waals surface area contributed by atoms with Gasteiger partial charge in [0.15, 0.2) is 0 Å². The molecule has 2 aromatic carbocycles. The van der Waals surface area contributed by atoms with Crippen LogP contribution in [0.5, 0.6) is 23.1 Å². The number of carbonyl (C=O) groups is 1. The molecule has 0 amide bonds. The molecule has 0 bridgehead atoms. The number of aliphatic carboxylic acids is 1. The SMILES string of the molecule is O=C(O)C[C@@H]1COc2cc(O[C@@H]3CCc4c(Oc5ccccn5)ccc(F)c43)ccc21. The molecule has 0 radical (unpaired) electrons. The van der Waals surface area contributed by atoms with E-state index in [1.54, 1.807) is 36.5 Å². The van der Waals surface area contributed by atoms with Gasteiger partial charge >= 0.3 is 5.97 Å². The zero-order valence-electron chi connectivity index (χ0n) is 16.6. The lowest BCUT2D eigenvalue weighted by Crippen LogP contribution is -2.07. The summed E-state index contributed by atoms with van der Waals surface area (Å²) in [5.74, 6) is 0.853. The van der Waals surface area contributed by atoms with Gasteiger partial charge in [0.25, 0.3) is 0 Å². The van der Waals surface area contributed by atoms with Crippen molar-refractivity contribution in [2.75, 3.05) is 6.61 Å².